The second kappa shape index (κ2) is 7.17. The number of sulfonamides is 1. The van der Waals surface area contributed by atoms with E-state index in [2.05, 4.69) is 26.2 Å². The largest absolute Gasteiger partial charge is 0.296 e. The third-order valence-corrected chi connectivity index (χ3v) is 7.16. The SMILES string of the molecule is O=S(=O)(c1cc(F)c(Br)cc1F)N1CCN(Cc2ccsc2)CC1. The van der Waals surface area contributed by atoms with Gasteiger partial charge in [-0.25, -0.2) is 17.2 Å². The quantitative estimate of drug-likeness (QED) is 0.690. The van der Waals surface area contributed by atoms with Crippen molar-refractivity contribution in [3.05, 3.63) is 50.6 Å². The van der Waals surface area contributed by atoms with Crippen molar-refractivity contribution < 1.29 is 17.2 Å². The van der Waals surface area contributed by atoms with Gasteiger partial charge < -0.3 is 0 Å². The second-order valence-electron chi connectivity index (χ2n) is 5.51. The molecule has 0 bridgehead atoms. The summed E-state index contributed by atoms with van der Waals surface area (Å²) in [5.41, 5.74) is 1.19. The normalized spacial score (nSPS) is 17.3. The maximum Gasteiger partial charge on any atom is 0.246 e. The molecule has 9 heteroatoms. The van der Waals surface area contributed by atoms with E-state index in [1.807, 2.05) is 11.4 Å². The summed E-state index contributed by atoms with van der Waals surface area (Å²) in [6.07, 6.45) is 0. The van der Waals surface area contributed by atoms with Gasteiger partial charge in [0.15, 0.2) is 0 Å². The van der Waals surface area contributed by atoms with E-state index < -0.39 is 26.6 Å². The third-order valence-electron chi connectivity index (χ3n) is 3.91. The van der Waals surface area contributed by atoms with Crippen molar-refractivity contribution in [2.45, 2.75) is 11.4 Å². The van der Waals surface area contributed by atoms with Crippen LogP contribution in [0.4, 0.5) is 8.78 Å². The molecule has 0 atom stereocenters. The Bertz CT molecular complexity index is 820. The summed E-state index contributed by atoms with van der Waals surface area (Å²) >= 11 is 4.47. The van der Waals surface area contributed by atoms with Crippen LogP contribution in [0.2, 0.25) is 0 Å². The molecule has 1 aromatic carbocycles. The van der Waals surface area contributed by atoms with Gasteiger partial charge in [-0.05, 0) is 50.5 Å². The zero-order chi connectivity index (χ0) is 17.3. The number of benzene rings is 1. The summed E-state index contributed by atoms with van der Waals surface area (Å²) in [6, 6.07) is 3.61. The van der Waals surface area contributed by atoms with E-state index in [-0.39, 0.29) is 17.6 Å². The Labute approximate surface area is 151 Å². The van der Waals surface area contributed by atoms with Crippen LogP contribution >= 0.6 is 27.3 Å². The van der Waals surface area contributed by atoms with Crippen LogP contribution in [0, 0.1) is 11.6 Å². The van der Waals surface area contributed by atoms with Gasteiger partial charge in [0, 0.05) is 32.7 Å². The highest BCUT2D eigenvalue weighted by Crippen LogP contribution is 2.26. The number of nitrogens with zero attached hydrogens (tertiary/aromatic N) is 2. The zero-order valence-electron chi connectivity index (χ0n) is 12.6. The maximum absolute atomic E-state index is 14.0. The zero-order valence-corrected chi connectivity index (χ0v) is 15.8. The molecule has 3 rings (SSSR count). The summed E-state index contributed by atoms with van der Waals surface area (Å²) in [5.74, 6) is -1.75. The standard InChI is InChI=1S/C15H15BrF2N2O2S2/c16-12-7-14(18)15(8-13(12)17)24(21,22)20-4-2-19(3-5-20)9-11-1-6-23-10-11/h1,6-8,10H,2-5,9H2. The van der Waals surface area contributed by atoms with Gasteiger partial charge >= 0.3 is 0 Å². The van der Waals surface area contributed by atoms with Crippen molar-refractivity contribution in [2.24, 2.45) is 0 Å². The molecule has 24 heavy (non-hydrogen) atoms. The number of hydrogen-bond donors (Lipinski definition) is 0. The predicted molar refractivity (Wildman–Crippen MR) is 92.4 cm³/mol. The number of thiophene rings is 1. The number of piperazine rings is 1. The van der Waals surface area contributed by atoms with Crippen molar-refractivity contribution in [3.8, 4) is 0 Å². The fraction of sp³-hybridized carbons (Fsp3) is 0.333. The Morgan fingerprint density at radius 2 is 1.83 bits per heavy atom. The van der Waals surface area contributed by atoms with Crippen LogP contribution in [-0.4, -0.2) is 43.8 Å². The molecule has 0 spiro atoms. The smallest absolute Gasteiger partial charge is 0.246 e. The Kier molecular flexibility index (Phi) is 5.36. The lowest BCUT2D eigenvalue weighted by Crippen LogP contribution is -2.48. The summed E-state index contributed by atoms with van der Waals surface area (Å²) < 4.78 is 53.9. The van der Waals surface area contributed by atoms with E-state index in [1.165, 1.54) is 9.87 Å². The van der Waals surface area contributed by atoms with Crippen LogP contribution in [-0.2, 0) is 16.6 Å². The van der Waals surface area contributed by atoms with Gasteiger partial charge in [-0.3, -0.25) is 4.90 Å². The minimum absolute atomic E-state index is 0.0977. The lowest BCUT2D eigenvalue weighted by molar-refractivity contribution is 0.181. The molecule has 0 N–H and O–H groups in total. The van der Waals surface area contributed by atoms with E-state index in [0.29, 0.717) is 13.1 Å². The summed E-state index contributed by atoms with van der Waals surface area (Å²) in [7, 11) is -4.04. The van der Waals surface area contributed by atoms with Crippen molar-refractivity contribution in [2.75, 3.05) is 26.2 Å². The average Bonchev–Trinajstić information content (AvgIpc) is 3.04. The maximum atomic E-state index is 14.0. The van der Waals surface area contributed by atoms with Gasteiger partial charge in [0.25, 0.3) is 0 Å². The van der Waals surface area contributed by atoms with Crippen molar-refractivity contribution in [1.82, 2.24) is 9.21 Å². The fourth-order valence-electron chi connectivity index (χ4n) is 2.61. The van der Waals surface area contributed by atoms with Crippen LogP contribution in [0.25, 0.3) is 0 Å². The van der Waals surface area contributed by atoms with E-state index >= 15 is 0 Å². The predicted octanol–water partition coefficient (Wildman–Crippen LogP) is 3.30. The highest BCUT2D eigenvalue weighted by Gasteiger charge is 2.31. The van der Waals surface area contributed by atoms with Crippen LogP contribution in [0.5, 0.6) is 0 Å². The van der Waals surface area contributed by atoms with Gasteiger partial charge in [-0.2, -0.15) is 15.6 Å². The Morgan fingerprint density at radius 1 is 1.12 bits per heavy atom. The average molecular weight is 437 g/mol. The minimum atomic E-state index is -4.04. The lowest BCUT2D eigenvalue weighted by Gasteiger charge is -2.33. The van der Waals surface area contributed by atoms with Gasteiger partial charge in [0.2, 0.25) is 10.0 Å². The van der Waals surface area contributed by atoms with Gasteiger partial charge in [0.05, 0.1) is 4.47 Å². The highest BCUT2D eigenvalue weighted by atomic mass is 79.9. The fourth-order valence-corrected chi connectivity index (χ4v) is 5.07. The molecule has 0 saturated carbocycles. The summed E-state index contributed by atoms with van der Waals surface area (Å²) in [6.45, 7) is 2.37. The monoisotopic (exact) mass is 436 g/mol. The Balaban J connectivity index is 1.72. The van der Waals surface area contributed by atoms with Crippen LogP contribution < -0.4 is 0 Å². The van der Waals surface area contributed by atoms with Crippen LogP contribution in [0.15, 0.2) is 38.3 Å². The molecule has 1 aromatic heterocycles. The Morgan fingerprint density at radius 3 is 2.46 bits per heavy atom. The molecule has 2 heterocycles. The van der Waals surface area contributed by atoms with Gasteiger partial charge in [-0.1, -0.05) is 0 Å². The first-order valence-electron chi connectivity index (χ1n) is 7.26. The van der Waals surface area contributed by atoms with E-state index in [0.717, 1.165) is 18.7 Å². The van der Waals surface area contributed by atoms with Crippen molar-refractivity contribution in [3.63, 3.8) is 0 Å². The molecule has 0 radical (unpaired) electrons. The highest BCUT2D eigenvalue weighted by molar-refractivity contribution is 9.10. The molecular formula is C15H15BrF2N2O2S2. The Hall–Kier alpha value is -0.870. The minimum Gasteiger partial charge on any atom is -0.296 e. The first-order valence-corrected chi connectivity index (χ1v) is 10.4. The van der Waals surface area contributed by atoms with Crippen molar-refractivity contribution >= 4 is 37.3 Å². The van der Waals surface area contributed by atoms with E-state index in [4.69, 9.17) is 0 Å². The number of hydrogen-bond acceptors (Lipinski definition) is 4. The number of rotatable bonds is 4. The molecular weight excluding hydrogens is 422 g/mol. The second-order valence-corrected chi connectivity index (χ2v) is 9.05. The molecule has 1 fully saturated rings. The van der Waals surface area contributed by atoms with Crippen LogP contribution in [0.3, 0.4) is 0 Å². The molecule has 0 amide bonds. The first kappa shape index (κ1) is 17.9. The molecule has 4 nitrogen and oxygen atoms in total. The van der Waals surface area contributed by atoms with E-state index in [9.17, 15) is 17.2 Å². The summed E-state index contributed by atoms with van der Waals surface area (Å²) in [5, 5.41) is 4.06. The molecule has 1 aliphatic heterocycles. The molecule has 1 saturated heterocycles. The molecule has 0 unspecified atom stereocenters. The molecule has 130 valence electrons. The van der Waals surface area contributed by atoms with Gasteiger partial charge in [0.1, 0.15) is 16.5 Å². The lowest BCUT2D eigenvalue weighted by atomic mass is 10.3. The molecule has 1 aliphatic rings. The van der Waals surface area contributed by atoms with Gasteiger partial charge in [-0.15, -0.1) is 0 Å². The third kappa shape index (κ3) is 3.70. The topological polar surface area (TPSA) is 40.6 Å². The van der Waals surface area contributed by atoms with Crippen LogP contribution in [0.1, 0.15) is 5.56 Å². The van der Waals surface area contributed by atoms with E-state index in [1.54, 1.807) is 11.3 Å². The molecule has 2 aromatic rings. The number of halogens is 3. The van der Waals surface area contributed by atoms with Crippen molar-refractivity contribution in [1.29, 1.82) is 0 Å². The summed E-state index contributed by atoms with van der Waals surface area (Å²) in [4.78, 5) is 1.53. The molecule has 0 aliphatic carbocycles. The first-order chi connectivity index (χ1) is 11.4.